The van der Waals surface area contributed by atoms with E-state index in [0.29, 0.717) is 6.04 Å². The van der Waals surface area contributed by atoms with Crippen LogP contribution in [0.2, 0.25) is 0 Å². The van der Waals surface area contributed by atoms with Gasteiger partial charge in [-0.15, -0.1) is 0 Å². The molecule has 0 aliphatic heterocycles. The van der Waals surface area contributed by atoms with Gasteiger partial charge in [-0.3, -0.25) is 0 Å². The molecule has 0 heterocycles. The number of rotatable bonds is 7. The van der Waals surface area contributed by atoms with Crippen LogP contribution in [0, 0.1) is 0 Å². The standard InChI is InChI=1S/C19H23NO/c1-15(16-8-4-2-5-9-16)21-19(14-20-18-12-13-18)17-10-6-3-7-11-17/h2-11,15,18-20H,12-14H2,1H3. The fraction of sp³-hybridized carbons (Fsp3) is 0.368. The Morgan fingerprint density at radius 2 is 1.52 bits per heavy atom. The molecule has 2 aromatic carbocycles. The van der Waals surface area contributed by atoms with Crippen molar-refractivity contribution in [3.05, 3.63) is 71.8 Å². The summed E-state index contributed by atoms with van der Waals surface area (Å²) in [6.07, 6.45) is 2.80. The van der Waals surface area contributed by atoms with E-state index < -0.39 is 0 Å². The zero-order valence-corrected chi connectivity index (χ0v) is 12.5. The van der Waals surface area contributed by atoms with Crippen LogP contribution in [0.5, 0.6) is 0 Å². The lowest BCUT2D eigenvalue weighted by Crippen LogP contribution is -2.25. The first-order valence-electron chi connectivity index (χ1n) is 7.81. The monoisotopic (exact) mass is 281 g/mol. The van der Waals surface area contributed by atoms with Crippen molar-refractivity contribution >= 4 is 0 Å². The van der Waals surface area contributed by atoms with Crippen LogP contribution in [0.3, 0.4) is 0 Å². The first kappa shape index (κ1) is 14.3. The van der Waals surface area contributed by atoms with Crippen molar-refractivity contribution in [1.82, 2.24) is 5.32 Å². The first-order valence-corrected chi connectivity index (χ1v) is 7.81. The molecule has 2 aromatic rings. The Bertz CT molecular complexity index is 536. The fourth-order valence-electron chi connectivity index (χ4n) is 2.52. The second-order valence-electron chi connectivity index (χ2n) is 5.77. The van der Waals surface area contributed by atoms with E-state index in [1.54, 1.807) is 0 Å². The Hall–Kier alpha value is -1.64. The maximum atomic E-state index is 6.34. The molecule has 0 bridgehead atoms. The molecule has 2 nitrogen and oxygen atoms in total. The highest BCUT2D eigenvalue weighted by atomic mass is 16.5. The van der Waals surface area contributed by atoms with E-state index in [1.165, 1.54) is 24.0 Å². The van der Waals surface area contributed by atoms with Crippen LogP contribution in [0.1, 0.15) is 43.1 Å². The molecule has 2 unspecified atom stereocenters. The van der Waals surface area contributed by atoms with E-state index in [9.17, 15) is 0 Å². The molecule has 1 aliphatic rings. The normalized spacial score (nSPS) is 17.4. The maximum Gasteiger partial charge on any atom is 0.0957 e. The van der Waals surface area contributed by atoms with Gasteiger partial charge in [-0.2, -0.15) is 0 Å². The summed E-state index contributed by atoms with van der Waals surface area (Å²) in [7, 11) is 0. The van der Waals surface area contributed by atoms with Gasteiger partial charge in [0, 0.05) is 12.6 Å². The number of nitrogens with one attached hydrogen (secondary N) is 1. The summed E-state index contributed by atoms with van der Waals surface area (Å²) in [5, 5.41) is 3.59. The summed E-state index contributed by atoms with van der Waals surface area (Å²) >= 11 is 0. The summed E-state index contributed by atoms with van der Waals surface area (Å²) in [6.45, 7) is 3.01. The van der Waals surface area contributed by atoms with Crippen LogP contribution in [0.15, 0.2) is 60.7 Å². The van der Waals surface area contributed by atoms with Gasteiger partial charge in [-0.1, -0.05) is 60.7 Å². The van der Waals surface area contributed by atoms with Crippen molar-refractivity contribution in [3.8, 4) is 0 Å². The minimum atomic E-state index is 0.0948. The molecule has 1 N–H and O–H groups in total. The highest BCUT2D eigenvalue weighted by Gasteiger charge is 2.23. The van der Waals surface area contributed by atoms with Gasteiger partial charge in [0.05, 0.1) is 12.2 Å². The third kappa shape index (κ3) is 4.16. The topological polar surface area (TPSA) is 21.3 Å². The van der Waals surface area contributed by atoms with Gasteiger partial charge < -0.3 is 10.1 Å². The Labute approximate surface area is 127 Å². The molecule has 0 saturated heterocycles. The molecule has 0 amide bonds. The SMILES string of the molecule is CC(OC(CNC1CC1)c1ccccc1)c1ccccc1. The molecule has 0 radical (unpaired) electrons. The molecular weight excluding hydrogens is 258 g/mol. The number of benzene rings is 2. The minimum Gasteiger partial charge on any atom is -0.365 e. The van der Waals surface area contributed by atoms with Crippen LogP contribution < -0.4 is 5.32 Å². The summed E-state index contributed by atoms with van der Waals surface area (Å²) < 4.78 is 6.34. The minimum absolute atomic E-state index is 0.0948. The molecule has 1 fully saturated rings. The van der Waals surface area contributed by atoms with E-state index >= 15 is 0 Å². The van der Waals surface area contributed by atoms with Crippen molar-refractivity contribution in [2.75, 3.05) is 6.54 Å². The number of hydrogen-bond acceptors (Lipinski definition) is 2. The lowest BCUT2D eigenvalue weighted by atomic mass is 10.1. The molecular formula is C19H23NO. The van der Waals surface area contributed by atoms with E-state index in [0.717, 1.165) is 6.54 Å². The predicted molar refractivity (Wildman–Crippen MR) is 86.1 cm³/mol. The third-order valence-corrected chi connectivity index (χ3v) is 3.98. The van der Waals surface area contributed by atoms with E-state index in [4.69, 9.17) is 4.74 Å². The van der Waals surface area contributed by atoms with Gasteiger partial charge in [-0.05, 0) is 30.9 Å². The molecule has 0 spiro atoms. The zero-order valence-electron chi connectivity index (χ0n) is 12.5. The van der Waals surface area contributed by atoms with Gasteiger partial charge in [0.2, 0.25) is 0 Å². The zero-order chi connectivity index (χ0) is 14.5. The molecule has 2 heteroatoms. The van der Waals surface area contributed by atoms with Gasteiger partial charge in [0.1, 0.15) is 0 Å². The Balaban J connectivity index is 1.69. The lowest BCUT2D eigenvalue weighted by molar-refractivity contribution is -0.00455. The quantitative estimate of drug-likeness (QED) is 0.819. The van der Waals surface area contributed by atoms with Gasteiger partial charge in [0.15, 0.2) is 0 Å². The molecule has 1 saturated carbocycles. The molecule has 1 aliphatic carbocycles. The molecule has 3 rings (SSSR count). The summed E-state index contributed by atoms with van der Waals surface area (Å²) in [4.78, 5) is 0. The van der Waals surface area contributed by atoms with E-state index in [2.05, 4.69) is 66.8 Å². The molecule has 2 atom stereocenters. The average Bonchev–Trinajstić information content (AvgIpc) is 3.37. The highest BCUT2D eigenvalue weighted by Crippen LogP contribution is 2.27. The second kappa shape index (κ2) is 6.88. The van der Waals surface area contributed by atoms with Crippen molar-refractivity contribution < 1.29 is 4.74 Å². The van der Waals surface area contributed by atoms with Crippen LogP contribution in [-0.2, 0) is 4.74 Å². The van der Waals surface area contributed by atoms with Crippen molar-refractivity contribution in [3.63, 3.8) is 0 Å². The van der Waals surface area contributed by atoms with Crippen LogP contribution in [0.25, 0.3) is 0 Å². The van der Waals surface area contributed by atoms with Crippen LogP contribution >= 0.6 is 0 Å². The summed E-state index contributed by atoms with van der Waals surface area (Å²) in [5.74, 6) is 0. The molecule has 0 aromatic heterocycles. The van der Waals surface area contributed by atoms with Crippen molar-refractivity contribution in [2.45, 2.75) is 38.0 Å². The lowest BCUT2D eigenvalue weighted by Gasteiger charge is -2.24. The fourth-order valence-corrected chi connectivity index (χ4v) is 2.52. The highest BCUT2D eigenvalue weighted by molar-refractivity contribution is 5.20. The van der Waals surface area contributed by atoms with Crippen LogP contribution in [0.4, 0.5) is 0 Å². The first-order chi connectivity index (χ1) is 10.3. The van der Waals surface area contributed by atoms with Gasteiger partial charge in [0.25, 0.3) is 0 Å². The Kier molecular flexibility index (Phi) is 4.69. The smallest absolute Gasteiger partial charge is 0.0957 e. The van der Waals surface area contributed by atoms with E-state index in [-0.39, 0.29) is 12.2 Å². The molecule has 110 valence electrons. The van der Waals surface area contributed by atoms with Gasteiger partial charge in [-0.25, -0.2) is 0 Å². The number of ether oxygens (including phenoxy) is 1. The maximum absolute atomic E-state index is 6.34. The Morgan fingerprint density at radius 1 is 0.952 bits per heavy atom. The predicted octanol–water partition coefficient (Wildman–Crippen LogP) is 4.26. The second-order valence-corrected chi connectivity index (χ2v) is 5.77. The number of hydrogen-bond donors (Lipinski definition) is 1. The van der Waals surface area contributed by atoms with Crippen molar-refractivity contribution in [1.29, 1.82) is 0 Å². The van der Waals surface area contributed by atoms with E-state index in [1.807, 2.05) is 6.07 Å². The molecule has 21 heavy (non-hydrogen) atoms. The largest absolute Gasteiger partial charge is 0.365 e. The van der Waals surface area contributed by atoms with Crippen LogP contribution in [-0.4, -0.2) is 12.6 Å². The summed E-state index contributed by atoms with van der Waals surface area (Å²) in [6, 6.07) is 21.6. The average molecular weight is 281 g/mol. The van der Waals surface area contributed by atoms with Crippen molar-refractivity contribution in [2.24, 2.45) is 0 Å². The summed E-state index contributed by atoms with van der Waals surface area (Å²) in [5.41, 5.74) is 2.47. The Morgan fingerprint density at radius 3 is 2.10 bits per heavy atom. The van der Waals surface area contributed by atoms with Gasteiger partial charge >= 0.3 is 0 Å². The third-order valence-electron chi connectivity index (χ3n) is 3.98.